The van der Waals surface area contributed by atoms with Gasteiger partial charge in [-0.1, -0.05) is 84.9 Å². The summed E-state index contributed by atoms with van der Waals surface area (Å²) in [5.74, 6) is -3.34. The Morgan fingerprint density at radius 3 is 1.40 bits per heavy atom. The van der Waals surface area contributed by atoms with Crippen LogP contribution in [0.1, 0.15) is 48.0 Å². The van der Waals surface area contributed by atoms with Gasteiger partial charge in [-0.3, -0.25) is 9.98 Å². The van der Waals surface area contributed by atoms with Gasteiger partial charge >= 0.3 is 17.9 Å². The van der Waals surface area contributed by atoms with Crippen molar-refractivity contribution in [2.45, 2.75) is 6.92 Å². The van der Waals surface area contributed by atoms with E-state index in [1.54, 1.807) is 61.5 Å². The molecule has 0 atom stereocenters. The van der Waals surface area contributed by atoms with E-state index >= 15 is 0 Å². The Hall–Kier alpha value is -7.86. The van der Waals surface area contributed by atoms with E-state index in [2.05, 4.69) is 20.2 Å². The first kappa shape index (κ1) is 41.8. The van der Waals surface area contributed by atoms with E-state index in [9.17, 15) is 34.8 Å². The summed E-state index contributed by atoms with van der Waals surface area (Å²) < 4.78 is 7.38. The number of fused-ring (bicyclic) bond motifs is 2. The molecule has 0 saturated carbocycles. The summed E-state index contributed by atoms with van der Waals surface area (Å²) in [5.41, 5.74) is 2.72. The normalized spacial score (nSPS) is 11.0. The Kier molecular flexibility index (Phi) is 12.6. The Morgan fingerprint density at radius 1 is 0.583 bits per heavy atom. The van der Waals surface area contributed by atoms with Crippen molar-refractivity contribution in [2.24, 2.45) is 9.98 Å². The largest absolute Gasteiger partial charge is 0.493 e. The quantitative estimate of drug-likeness (QED) is 0.0807. The van der Waals surface area contributed by atoms with Crippen molar-refractivity contribution in [1.82, 2.24) is 19.6 Å². The third-order valence-electron chi connectivity index (χ3n) is 9.21. The molecule has 0 aliphatic heterocycles. The average molecular weight is 839 g/mol. The van der Waals surface area contributed by atoms with E-state index < -0.39 is 17.9 Å². The molecule has 60 heavy (non-hydrogen) atoms. The minimum atomic E-state index is -1.14. The maximum Gasteiger partial charge on any atom is 0.359 e. The molecule has 15 heteroatoms. The maximum atomic E-state index is 12.2. The van der Waals surface area contributed by atoms with E-state index in [1.165, 1.54) is 35.0 Å². The number of carbonyl (C=O) groups excluding carboxylic acids is 1. The molecule has 0 radical (unpaired) electrons. The Morgan fingerprint density at radius 2 is 0.967 bits per heavy atom. The van der Waals surface area contributed by atoms with E-state index in [-0.39, 0.29) is 57.2 Å². The number of carboxylic acid groups (broad SMARTS) is 2. The molecular formula is C45H34CrN6O8. The van der Waals surface area contributed by atoms with Crippen LogP contribution in [0.4, 0.5) is 11.4 Å². The van der Waals surface area contributed by atoms with Crippen molar-refractivity contribution in [1.29, 1.82) is 0 Å². The monoisotopic (exact) mass is 838 g/mol. The predicted molar refractivity (Wildman–Crippen MR) is 223 cm³/mol. The molecule has 0 fully saturated rings. The number of hydrogen-bond acceptors (Lipinski definition) is 10. The van der Waals surface area contributed by atoms with E-state index in [0.717, 1.165) is 27.2 Å². The average Bonchev–Trinajstić information content (AvgIpc) is 3.74. The molecule has 0 aliphatic rings. The van der Waals surface area contributed by atoms with Gasteiger partial charge in [-0.05, 0) is 77.0 Å². The fraction of sp³-hybridized carbons (Fsp3) is 0.0444. The number of hydrogen-bond donors (Lipinski definition) is 4. The van der Waals surface area contributed by atoms with Crippen molar-refractivity contribution in [3.63, 3.8) is 0 Å². The number of aromatic nitrogens is 4. The molecule has 2 heterocycles. The van der Waals surface area contributed by atoms with Gasteiger partial charge in [0.15, 0.2) is 5.69 Å². The third kappa shape index (κ3) is 8.68. The van der Waals surface area contributed by atoms with Crippen molar-refractivity contribution in [3.05, 3.63) is 167 Å². The predicted octanol–water partition coefficient (Wildman–Crippen LogP) is 8.45. The van der Waals surface area contributed by atoms with Crippen LogP contribution in [0.5, 0.6) is 11.8 Å². The van der Waals surface area contributed by atoms with Gasteiger partial charge in [0.2, 0.25) is 11.8 Å². The van der Waals surface area contributed by atoms with Gasteiger partial charge in [-0.2, -0.15) is 14.9 Å². The topological polar surface area (TPSA) is 202 Å². The minimum absolute atomic E-state index is 0. The van der Waals surface area contributed by atoms with Crippen LogP contribution in [0.2, 0.25) is 0 Å². The van der Waals surface area contributed by atoms with Crippen molar-refractivity contribution >= 4 is 63.3 Å². The summed E-state index contributed by atoms with van der Waals surface area (Å²) in [5, 5.41) is 52.2. The Labute approximate surface area is 352 Å². The molecule has 298 valence electrons. The number of esters is 1. The van der Waals surface area contributed by atoms with Crippen LogP contribution in [0, 0.1) is 6.92 Å². The second kappa shape index (κ2) is 18.2. The molecule has 0 aliphatic carbocycles. The zero-order valence-corrected chi connectivity index (χ0v) is 33.1. The van der Waals surface area contributed by atoms with Gasteiger partial charge in [0.25, 0.3) is 0 Å². The molecule has 4 N–H and O–H groups in total. The molecule has 14 nitrogen and oxygen atoms in total. The van der Waals surface area contributed by atoms with Crippen LogP contribution in [0.25, 0.3) is 32.9 Å². The number of aliphatic imine (C=N–C) groups is 2. The Balaban J connectivity index is 0.000000199. The van der Waals surface area contributed by atoms with Crippen molar-refractivity contribution in [3.8, 4) is 23.1 Å². The van der Waals surface area contributed by atoms with Gasteiger partial charge in [-0.15, -0.1) is 0 Å². The molecule has 0 unspecified atom stereocenters. The molecule has 8 rings (SSSR count). The van der Waals surface area contributed by atoms with Gasteiger partial charge in [0, 0.05) is 29.8 Å². The summed E-state index contributed by atoms with van der Waals surface area (Å²) in [6.45, 7) is 1.76. The molecule has 0 saturated heterocycles. The van der Waals surface area contributed by atoms with Crippen molar-refractivity contribution in [2.75, 3.05) is 7.11 Å². The number of carboxylic acids is 2. The third-order valence-corrected chi connectivity index (χ3v) is 9.21. The van der Waals surface area contributed by atoms with Crippen LogP contribution in [0.15, 0.2) is 143 Å². The summed E-state index contributed by atoms with van der Waals surface area (Å²) in [6, 6.07) is 39.3. The van der Waals surface area contributed by atoms with Gasteiger partial charge in [-0.25, -0.2) is 19.1 Å². The maximum absolute atomic E-state index is 12.2. The zero-order chi connectivity index (χ0) is 41.6. The fourth-order valence-electron chi connectivity index (χ4n) is 6.25. The summed E-state index contributed by atoms with van der Waals surface area (Å²) in [7, 11) is 1.20. The van der Waals surface area contributed by atoms with Crippen LogP contribution in [-0.2, 0) is 22.1 Å². The molecular weight excluding hydrogens is 805 g/mol. The summed E-state index contributed by atoms with van der Waals surface area (Å²) in [4.78, 5) is 44.3. The number of aromatic hydroxyl groups is 2. The van der Waals surface area contributed by atoms with Crippen LogP contribution in [0.3, 0.4) is 0 Å². The molecule has 6 aromatic carbocycles. The molecule has 8 aromatic rings. The zero-order valence-electron chi connectivity index (χ0n) is 31.9. The SMILES string of the molecule is COC(=O)c1nn(-c2ccccc2)c(O)c1C=Nc1cc2ccccc2cc1C(=O)O.Cc1nn(-c2ccccc2)c(O)c1C=Nc1cc2ccccc2cc1C(=O)O.[Cr]. The second-order valence-electron chi connectivity index (χ2n) is 13.0. The minimum Gasteiger partial charge on any atom is -0.493 e. The first-order valence-electron chi connectivity index (χ1n) is 17.9. The van der Waals surface area contributed by atoms with Crippen LogP contribution >= 0.6 is 0 Å². The van der Waals surface area contributed by atoms with Gasteiger partial charge in [0.05, 0.1) is 57.8 Å². The smallest absolute Gasteiger partial charge is 0.359 e. The first-order valence-corrected chi connectivity index (χ1v) is 17.9. The number of para-hydroxylation sites is 2. The molecule has 2 aromatic heterocycles. The number of ether oxygens (including phenoxy) is 1. The number of nitrogens with zero attached hydrogens (tertiary/aromatic N) is 6. The van der Waals surface area contributed by atoms with E-state index in [4.69, 9.17) is 4.74 Å². The second-order valence-corrected chi connectivity index (χ2v) is 13.0. The number of aromatic carboxylic acids is 2. The number of carbonyl (C=O) groups is 3. The molecule has 0 amide bonds. The van der Waals surface area contributed by atoms with E-state index in [1.807, 2.05) is 72.8 Å². The molecule has 0 spiro atoms. The van der Waals surface area contributed by atoms with Crippen LogP contribution < -0.4 is 0 Å². The molecule has 0 bridgehead atoms. The summed E-state index contributed by atoms with van der Waals surface area (Å²) in [6.07, 6.45) is 2.66. The van der Waals surface area contributed by atoms with Crippen LogP contribution in [-0.4, -0.2) is 77.4 Å². The Bertz CT molecular complexity index is 2940. The number of benzene rings is 6. The number of rotatable bonds is 9. The van der Waals surface area contributed by atoms with Crippen molar-refractivity contribution < 1.29 is 56.9 Å². The van der Waals surface area contributed by atoms with Gasteiger partial charge in [0.1, 0.15) is 0 Å². The van der Waals surface area contributed by atoms with E-state index in [0.29, 0.717) is 22.6 Å². The summed E-state index contributed by atoms with van der Waals surface area (Å²) >= 11 is 0. The first-order chi connectivity index (χ1) is 28.5. The number of aryl methyl sites for hydroxylation is 1. The van der Waals surface area contributed by atoms with Gasteiger partial charge < -0.3 is 25.2 Å². The standard InChI is InChI=1S/C23H17N3O5.C22H17N3O3.Cr/c1-31-23(30)20-18(21(27)26(25-20)16-9-3-2-4-10-16)13-24-19-12-15-8-6-5-7-14(15)11-17(19)22(28)29;1-14-19(21(26)25(24-14)17-9-3-2-4-10-17)13-23-20-12-16-8-6-5-7-15(16)11-18(20)22(27)28;/h2-13,27H,1H3,(H,28,29);2-13,26H,1H3,(H,27,28);. The number of methoxy groups -OCH3 is 1. The fourth-order valence-corrected chi connectivity index (χ4v) is 6.25.